The normalized spacial score (nSPS) is 21.2. The molecule has 1 aromatic carbocycles. The van der Waals surface area contributed by atoms with Gasteiger partial charge in [0, 0.05) is 29.7 Å². The fraction of sp³-hybridized carbons (Fsp3) is 0.444. The van der Waals surface area contributed by atoms with Crippen LogP contribution in [0.1, 0.15) is 24.0 Å². The number of likely N-dealkylation sites (tertiary alicyclic amines) is 1. The third kappa shape index (κ3) is 3.52. The fourth-order valence-corrected chi connectivity index (χ4v) is 3.39. The van der Waals surface area contributed by atoms with Gasteiger partial charge in [-0.15, -0.1) is 0 Å². The summed E-state index contributed by atoms with van der Waals surface area (Å²) in [6.45, 7) is -2.15. The van der Waals surface area contributed by atoms with Gasteiger partial charge < -0.3 is 9.64 Å². The van der Waals surface area contributed by atoms with E-state index >= 15 is 0 Å². The van der Waals surface area contributed by atoms with Crippen molar-refractivity contribution in [1.82, 2.24) is 4.90 Å². The standard InChI is InChI=1S/C18H14F7N3O/c19-7-12-14(8-20)29-13-4-3-10(17(21,22)18(23,24)25)6-11(13)16(12)28-5-1-2-15(28)27-9-26/h3-4,6,14H,1-2,5,7-8H2. The summed E-state index contributed by atoms with van der Waals surface area (Å²) >= 11 is 0. The molecule has 2 aliphatic rings. The molecule has 3 rings (SSSR count). The first kappa shape index (κ1) is 21.0. The Kier molecular flexibility index (Phi) is 5.47. The molecule has 0 radical (unpaired) electrons. The summed E-state index contributed by atoms with van der Waals surface area (Å²) in [5.41, 5.74) is -1.95. The van der Waals surface area contributed by atoms with Gasteiger partial charge in [-0.3, -0.25) is 0 Å². The number of hydrogen-bond donors (Lipinski definition) is 0. The van der Waals surface area contributed by atoms with Gasteiger partial charge in [0.2, 0.25) is 6.19 Å². The second kappa shape index (κ2) is 7.57. The van der Waals surface area contributed by atoms with Crippen LogP contribution >= 0.6 is 0 Å². The van der Waals surface area contributed by atoms with Crippen LogP contribution < -0.4 is 4.74 Å². The van der Waals surface area contributed by atoms with Crippen LogP contribution in [0.15, 0.2) is 28.8 Å². The number of amidine groups is 1. The van der Waals surface area contributed by atoms with E-state index in [0.29, 0.717) is 25.0 Å². The molecule has 1 saturated heterocycles. The molecule has 0 aliphatic carbocycles. The zero-order valence-corrected chi connectivity index (χ0v) is 14.7. The zero-order chi connectivity index (χ0) is 21.4. The predicted octanol–water partition coefficient (Wildman–Crippen LogP) is 4.73. The number of nitrogens with zero attached hydrogens (tertiary/aromatic N) is 3. The van der Waals surface area contributed by atoms with E-state index < -0.39 is 37.1 Å². The van der Waals surface area contributed by atoms with Crippen molar-refractivity contribution in [1.29, 1.82) is 5.26 Å². The number of rotatable bonds is 4. The van der Waals surface area contributed by atoms with E-state index in [2.05, 4.69) is 4.99 Å². The molecular formula is C18H14F7N3O. The second-order valence-electron chi connectivity index (χ2n) is 6.43. The van der Waals surface area contributed by atoms with Crippen LogP contribution in [0.2, 0.25) is 0 Å². The Morgan fingerprint density at radius 1 is 1.21 bits per heavy atom. The third-order valence-electron chi connectivity index (χ3n) is 4.74. The Balaban J connectivity index is 2.23. The Bertz CT molecular complexity index is 902. The number of hydrogen-bond acceptors (Lipinski definition) is 3. The molecule has 1 unspecified atom stereocenters. The number of fused-ring (bicyclic) bond motifs is 1. The van der Waals surface area contributed by atoms with Crippen molar-refractivity contribution >= 4 is 11.5 Å². The van der Waals surface area contributed by atoms with Gasteiger partial charge in [0.15, 0.2) is 6.10 Å². The molecule has 2 aliphatic heterocycles. The maximum absolute atomic E-state index is 13.9. The van der Waals surface area contributed by atoms with E-state index in [1.54, 1.807) is 6.19 Å². The summed E-state index contributed by atoms with van der Waals surface area (Å²) in [6.07, 6.45) is -4.85. The lowest BCUT2D eigenvalue weighted by Crippen LogP contribution is -2.36. The quantitative estimate of drug-likeness (QED) is 0.522. The molecule has 2 heterocycles. The number of alkyl halides is 7. The Labute approximate surface area is 160 Å². The van der Waals surface area contributed by atoms with Crippen molar-refractivity contribution in [2.75, 3.05) is 19.9 Å². The molecule has 0 amide bonds. The minimum Gasteiger partial charge on any atom is -0.482 e. The van der Waals surface area contributed by atoms with Gasteiger partial charge in [0.25, 0.3) is 0 Å². The minimum atomic E-state index is -5.84. The monoisotopic (exact) mass is 421 g/mol. The first-order chi connectivity index (χ1) is 13.7. The van der Waals surface area contributed by atoms with Gasteiger partial charge in [-0.25, -0.2) is 8.78 Å². The van der Waals surface area contributed by atoms with Crippen LogP contribution in [-0.2, 0) is 5.92 Å². The fourth-order valence-electron chi connectivity index (χ4n) is 3.39. The van der Waals surface area contributed by atoms with Crippen LogP contribution in [0.25, 0.3) is 5.70 Å². The lowest BCUT2D eigenvalue weighted by Gasteiger charge is -2.34. The van der Waals surface area contributed by atoms with Crippen molar-refractivity contribution in [3.05, 3.63) is 34.9 Å². The van der Waals surface area contributed by atoms with E-state index in [1.165, 1.54) is 4.90 Å². The first-order valence-corrected chi connectivity index (χ1v) is 8.50. The highest BCUT2D eigenvalue weighted by Gasteiger charge is 2.59. The SMILES string of the molecule is N#CN=C1CCCN1C1=C(CF)C(CF)Oc2ccc(C(F)(F)C(F)(F)F)cc21. The van der Waals surface area contributed by atoms with Gasteiger partial charge in [-0.2, -0.15) is 32.2 Å². The molecule has 0 N–H and O–H groups in total. The summed E-state index contributed by atoms with van der Waals surface area (Å²) in [5.74, 6) is -5.13. The number of benzene rings is 1. The smallest absolute Gasteiger partial charge is 0.458 e. The van der Waals surface area contributed by atoms with Gasteiger partial charge >= 0.3 is 12.1 Å². The van der Waals surface area contributed by atoms with Crippen molar-refractivity contribution in [2.45, 2.75) is 31.0 Å². The van der Waals surface area contributed by atoms with Crippen molar-refractivity contribution < 1.29 is 35.5 Å². The zero-order valence-electron chi connectivity index (χ0n) is 14.7. The highest BCUT2D eigenvalue weighted by molar-refractivity contribution is 5.95. The molecule has 0 aromatic heterocycles. The largest absolute Gasteiger partial charge is 0.482 e. The van der Waals surface area contributed by atoms with Gasteiger partial charge in [-0.05, 0) is 24.6 Å². The Hall–Kier alpha value is -2.77. The van der Waals surface area contributed by atoms with Gasteiger partial charge in [0.1, 0.15) is 24.9 Å². The molecule has 1 atom stereocenters. The maximum Gasteiger partial charge on any atom is 0.458 e. The van der Waals surface area contributed by atoms with E-state index in [1.807, 2.05) is 0 Å². The summed E-state index contributed by atoms with van der Waals surface area (Å²) in [7, 11) is 0. The van der Waals surface area contributed by atoms with E-state index in [4.69, 9.17) is 10.00 Å². The Morgan fingerprint density at radius 3 is 2.52 bits per heavy atom. The third-order valence-corrected chi connectivity index (χ3v) is 4.74. The van der Waals surface area contributed by atoms with E-state index in [-0.39, 0.29) is 35.0 Å². The number of ether oxygens (including phenoxy) is 1. The molecule has 4 nitrogen and oxygen atoms in total. The van der Waals surface area contributed by atoms with Crippen molar-refractivity contribution in [2.24, 2.45) is 4.99 Å². The molecule has 11 heteroatoms. The average Bonchev–Trinajstić information content (AvgIpc) is 3.13. The van der Waals surface area contributed by atoms with Crippen LogP contribution in [0, 0.1) is 11.5 Å². The van der Waals surface area contributed by atoms with Crippen molar-refractivity contribution in [3.63, 3.8) is 0 Å². The summed E-state index contributed by atoms with van der Waals surface area (Å²) in [5, 5.41) is 8.84. The molecule has 1 fully saturated rings. The highest BCUT2D eigenvalue weighted by Crippen LogP contribution is 2.47. The number of aliphatic imine (C=N–C) groups is 1. The summed E-state index contributed by atoms with van der Waals surface area (Å²) in [6, 6.07) is 1.97. The van der Waals surface area contributed by atoms with Crippen LogP contribution in [0.5, 0.6) is 5.75 Å². The minimum absolute atomic E-state index is 0.0947. The molecule has 156 valence electrons. The molecule has 0 spiro atoms. The van der Waals surface area contributed by atoms with Crippen LogP contribution in [0.4, 0.5) is 30.7 Å². The van der Waals surface area contributed by atoms with Crippen molar-refractivity contribution in [3.8, 4) is 11.9 Å². The van der Waals surface area contributed by atoms with E-state index in [0.717, 1.165) is 6.07 Å². The topological polar surface area (TPSA) is 48.6 Å². The molecule has 29 heavy (non-hydrogen) atoms. The molecule has 0 bridgehead atoms. The predicted molar refractivity (Wildman–Crippen MR) is 88.7 cm³/mol. The van der Waals surface area contributed by atoms with Gasteiger partial charge in [-0.1, -0.05) is 0 Å². The number of halogens is 7. The average molecular weight is 421 g/mol. The van der Waals surface area contributed by atoms with Gasteiger partial charge in [0.05, 0.1) is 5.70 Å². The molecule has 0 saturated carbocycles. The summed E-state index contributed by atoms with van der Waals surface area (Å²) < 4.78 is 98.7. The molecular weight excluding hydrogens is 407 g/mol. The van der Waals surface area contributed by atoms with Crippen LogP contribution in [0.3, 0.4) is 0 Å². The maximum atomic E-state index is 13.9. The second-order valence-corrected chi connectivity index (χ2v) is 6.43. The lowest BCUT2D eigenvalue weighted by molar-refractivity contribution is -0.289. The Morgan fingerprint density at radius 2 is 1.93 bits per heavy atom. The van der Waals surface area contributed by atoms with E-state index in [9.17, 15) is 30.7 Å². The molecule has 1 aromatic rings. The number of nitriles is 1. The lowest BCUT2D eigenvalue weighted by atomic mass is 9.94. The first-order valence-electron chi connectivity index (χ1n) is 8.50. The van der Waals surface area contributed by atoms with Crippen LogP contribution in [-0.4, -0.2) is 42.9 Å². The summed E-state index contributed by atoms with van der Waals surface area (Å²) in [4.78, 5) is 4.96. The highest BCUT2D eigenvalue weighted by atomic mass is 19.4.